The van der Waals surface area contributed by atoms with E-state index in [4.69, 9.17) is 4.74 Å². The van der Waals surface area contributed by atoms with Gasteiger partial charge in [0.15, 0.2) is 17.5 Å². The lowest BCUT2D eigenvalue weighted by Gasteiger charge is -2.17. The van der Waals surface area contributed by atoms with Crippen LogP contribution < -0.4 is 15.0 Å². The number of carbonyl (C=O) groups excluding carboxylic acids is 2. The highest BCUT2D eigenvalue weighted by Crippen LogP contribution is 2.27. The van der Waals surface area contributed by atoms with E-state index in [0.717, 1.165) is 12.1 Å². The van der Waals surface area contributed by atoms with Gasteiger partial charge in [-0.25, -0.2) is 13.2 Å². The first-order chi connectivity index (χ1) is 12.9. The largest absolute Gasteiger partial charge is 0.489 e. The smallest absolute Gasteiger partial charge is 0.227 e. The van der Waals surface area contributed by atoms with E-state index in [9.17, 15) is 22.8 Å². The van der Waals surface area contributed by atoms with Crippen molar-refractivity contribution < 1.29 is 27.5 Å². The van der Waals surface area contributed by atoms with Crippen molar-refractivity contribution in [2.45, 2.75) is 13.0 Å². The van der Waals surface area contributed by atoms with Crippen molar-refractivity contribution in [3.05, 3.63) is 59.4 Å². The van der Waals surface area contributed by atoms with Crippen molar-refractivity contribution in [3.63, 3.8) is 0 Å². The summed E-state index contributed by atoms with van der Waals surface area (Å²) in [6, 6.07) is 8.26. The molecule has 0 aliphatic carbocycles. The Hall–Kier alpha value is -3.03. The van der Waals surface area contributed by atoms with E-state index in [-0.39, 0.29) is 36.3 Å². The van der Waals surface area contributed by atoms with Gasteiger partial charge in [0.2, 0.25) is 11.8 Å². The molecule has 1 heterocycles. The zero-order valence-electron chi connectivity index (χ0n) is 14.5. The second-order valence-corrected chi connectivity index (χ2v) is 6.18. The molecular weight excluding hydrogens is 361 g/mol. The number of benzene rings is 2. The predicted octanol–water partition coefficient (Wildman–Crippen LogP) is 2.78. The van der Waals surface area contributed by atoms with Gasteiger partial charge in [0.1, 0.15) is 12.4 Å². The summed E-state index contributed by atoms with van der Waals surface area (Å²) >= 11 is 0. The fourth-order valence-electron chi connectivity index (χ4n) is 2.92. The van der Waals surface area contributed by atoms with Gasteiger partial charge >= 0.3 is 0 Å². The number of nitrogens with zero attached hydrogens (tertiary/aromatic N) is 1. The number of amides is 2. The molecule has 1 saturated heterocycles. The van der Waals surface area contributed by atoms with Gasteiger partial charge in [-0.3, -0.25) is 9.59 Å². The molecule has 1 aliphatic rings. The first-order valence-electron chi connectivity index (χ1n) is 8.27. The minimum atomic E-state index is -1.52. The quantitative estimate of drug-likeness (QED) is 0.814. The minimum Gasteiger partial charge on any atom is -0.489 e. The van der Waals surface area contributed by atoms with E-state index in [0.29, 0.717) is 18.0 Å². The summed E-state index contributed by atoms with van der Waals surface area (Å²) < 4.78 is 44.8. The summed E-state index contributed by atoms with van der Waals surface area (Å²) in [5.74, 6) is -4.36. The van der Waals surface area contributed by atoms with Crippen LogP contribution in [0.5, 0.6) is 5.75 Å². The van der Waals surface area contributed by atoms with Gasteiger partial charge in [0.05, 0.1) is 5.92 Å². The van der Waals surface area contributed by atoms with E-state index in [1.807, 2.05) is 0 Å². The fourth-order valence-corrected chi connectivity index (χ4v) is 2.92. The maximum atomic E-state index is 13.2. The van der Waals surface area contributed by atoms with Crippen LogP contribution >= 0.6 is 0 Å². The summed E-state index contributed by atoms with van der Waals surface area (Å²) in [6.07, 6.45) is 0.152. The van der Waals surface area contributed by atoms with Gasteiger partial charge in [0.25, 0.3) is 0 Å². The molecule has 5 nitrogen and oxygen atoms in total. The lowest BCUT2D eigenvalue weighted by molar-refractivity contribution is -0.125. The average molecular weight is 378 g/mol. The van der Waals surface area contributed by atoms with E-state index >= 15 is 0 Å². The van der Waals surface area contributed by atoms with Gasteiger partial charge < -0.3 is 15.0 Å². The molecule has 8 heteroatoms. The molecule has 0 bridgehead atoms. The van der Waals surface area contributed by atoms with Crippen LogP contribution in [0, 0.1) is 23.4 Å². The highest BCUT2D eigenvalue weighted by Gasteiger charge is 2.34. The number of carbonyl (C=O) groups is 2. The Morgan fingerprint density at radius 1 is 1.19 bits per heavy atom. The standard InChI is InChI=1S/C19H17F3N2O3/c1-23-19(26)12-8-17(25)24(9-12)13-2-4-14(5-3-13)27-10-11-6-15(20)18(22)16(21)7-11/h2-7,12H,8-10H2,1H3,(H,23,26). The zero-order chi connectivity index (χ0) is 19.6. The molecule has 0 aromatic heterocycles. The fraction of sp³-hybridized carbons (Fsp3) is 0.263. The third-order valence-corrected chi connectivity index (χ3v) is 4.34. The Bertz CT molecular complexity index is 848. The van der Waals surface area contributed by atoms with Crippen LogP contribution in [0.4, 0.5) is 18.9 Å². The molecule has 1 unspecified atom stereocenters. The monoisotopic (exact) mass is 378 g/mol. The maximum absolute atomic E-state index is 13.2. The number of halogens is 3. The molecule has 0 spiro atoms. The van der Waals surface area contributed by atoms with Crippen LogP contribution in [-0.2, 0) is 16.2 Å². The molecule has 1 fully saturated rings. The van der Waals surface area contributed by atoms with Crippen LogP contribution in [-0.4, -0.2) is 25.4 Å². The van der Waals surface area contributed by atoms with Gasteiger partial charge in [-0.15, -0.1) is 0 Å². The van der Waals surface area contributed by atoms with E-state index in [1.165, 1.54) is 11.9 Å². The zero-order valence-corrected chi connectivity index (χ0v) is 14.5. The normalized spacial score (nSPS) is 16.5. The van der Waals surface area contributed by atoms with Crippen LogP contribution in [0.15, 0.2) is 36.4 Å². The van der Waals surface area contributed by atoms with E-state index < -0.39 is 17.5 Å². The average Bonchev–Trinajstić information content (AvgIpc) is 3.05. The molecular formula is C19H17F3N2O3. The highest BCUT2D eigenvalue weighted by atomic mass is 19.2. The summed E-state index contributed by atoms with van der Waals surface area (Å²) in [4.78, 5) is 25.3. The van der Waals surface area contributed by atoms with Crippen molar-refractivity contribution in [3.8, 4) is 5.75 Å². The minimum absolute atomic E-state index is 0.144. The SMILES string of the molecule is CNC(=O)C1CC(=O)N(c2ccc(OCc3cc(F)c(F)c(F)c3)cc2)C1. The number of hydrogen-bond acceptors (Lipinski definition) is 3. The lowest BCUT2D eigenvalue weighted by Crippen LogP contribution is -2.30. The van der Waals surface area contributed by atoms with Crippen LogP contribution in [0.1, 0.15) is 12.0 Å². The van der Waals surface area contributed by atoms with Gasteiger partial charge in [-0.1, -0.05) is 0 Å². The Morgan fingerprint density at radius 3 is 2.41 bits per heavy atom. The number of nitrogens with one attached hydrogen (secondary N) is 1. The molecule has 2 aromatic carbocycles. The van der Waals surface area contributed by atoms with Crippen LogP contribution in [0.3, 0.4) is 0 Å². The van der Waals surface area contributed by atoms with E-state index in [2.05, 4.69) is 5.32 Å². The van der Waals surface area contributed by atoms with Crippen molar-refractivity contribution >= 4 is 17.5 Å². The molecule has 2 amide bonds. The number of anilines is 1. The number of hydrogen-bond donors (Lipinski definition) is 1. The number of ether oxygens (including phenoxy) is 1. The number of rotatable bonds is 5. The molecule has 0 saturated carbocycles. The molecule has 1 N–H and O–H groups in total. The summed E-state index contributed by atoms with van der Waals surface area (Å²) in [7, 11) is 1.53. The maximum Gasteiger partial charge on any atom is 0.227 e. The van der Waals surface area contributed by atoms with Gasteiger partial charge in [-0.2, -0.15) is 0 Å². The van der Waals surface area contributed by atoms with E-state index in [1.54, 1.807) is 24.3 Å². The first-order valence-corrected chi connectivity index (χ1v) is 8.27. The Kier molecular flexibility index (Phi) is 5.34. The summed E-state index contributed by atoms with van der Waals surface area (Å²) in [5, 5.41) is 2.54. The van der Waals surface area contributed by atoms with Crippen molar-refractivity contribution in [2.24, 2.45) is 5.92 Å². The van der Waals surface area contributed by atoms with Crippen molar-refractivity contribution in [1.29, 1.82) is 0 Å². The molecule has 0 radical (unpaired) electrons. The summed E-state index contributed by atoms with van der Waals surface area (Å²) in [6.45, 7) is 0.154. The third-order valence-electron chi connectivity index (χ3n) is 4.34. The first kappa shape index (κ1) is 18.8. The van der Waals surface area contributed by atoms with Crippen molar-refractivity contribution in [2.75, 3.05) is 18.5 Å². The van der Waals surface area contributed by atoms with Crippen LogP contribution in [0.2, 0.25) is 0 Å². The second-order valence-electron chi connectivity index (χ2n) is 6.18. The predicted molar refractivity (Wildman–Crippen MR) is 91.6 cm³/mol. The van der Waals surface area contributed by atoms with Gasteiger partial charge in [0, 0.05) is 25.7 Å². The molecule has 2 aromatic rings. The summed E-state index contributed by atoms with van der Waals surface area (Å²) in [5.41, 5.74) is 0.774. The van der Waals surface area contributed by atoms with Crippen molar-refractivity contribution in [1.82, 2.24) is 5.32 Å². The molecule has 142 valence electrons. The molecule has 27 heavy (non-hydrogen) atoms. The lowest BCUT2D eigenvalue weighted by atomic mass is 10.1. The molecule has 3 rings (SSSR count). The Morgan fingerprint density at radius 2 is 1.81 bits per heavy atom. The third kappa shape index (κ3) is 4.05. The Balaban J connectivity index is 1.64. The van der Waals surface area contributed by atoms with Crippen LogP contribution in [0.25, 0.3) is 0 Å². The molecule has 1 atom stereocenters. The molecule has 1 aliphatic heterocycles. The Labute approximate surface area is 153 Å². The highest BCUT2D eigenvalue weighted by molar-refractivity contribution is 6.00. The second kappa shape index (κ2) is 7.69. The van der Waals surface area contributed by atoms with Gasteiger partial charge in [-0.05, 0) is 42.0 Å². The topological polar surface area (TPSA) is 58.6 Å².